The maximum absolute atomic E-state index is 4.40. The molecule has 1 heterocycles. The average molecular weight is 289 g/mol. The number of aromatic nitrogens is 3. The highest BCUT2D eigenvalue weighted by Crippen LogP contribution is 2.20. The van der Waals surface area contributed by atoms with Gasteiger partial charge in [0.05, 0.1) is 0 Å². The number of nitrogens with zero attached hydrogens (tertiary/aromatic N) is 3. The van der Waals surface area contributed by atoms with Crippen LogP contribution in [0, 0.1) is 0 Å². The monoisotopic (exact) mass is 289 g/mol. The largest absolute Gasteiger partial charge is 0.306 e. The quantitative estimate of drug-likeness (QED) is 0.540. The topological polar surface area (TPSA) is 30.7 Å². The smallest absolute Gasteiger partial charge is 0.191 e. The Balaban J connectivity index is 2.11. The number of thioether (sulfide) groups is 1. The number of hydrogen-bond donors (Lipinski definition) is 0. The van der Waals surface area contributed by atoms with E-state index < -0.39 is 0 Å². The first-order valence-electron chi connectivity index (χ1n) is 7.44. The molecule has 1 aromatic heterocycles. The summed E-state index contributed by atoms with van der Waals surface area (Å²) in [7, 11) is 0. The number of unbranched alkanes of at least 4 members (excludes halogenated alkanes) is 1. The van der Waals surface area contributed by atoms with E-state index >= 15 is 0 Å². The zero-order valence-electron chi connectivity index (χ0n) is 12.4. The Morgan fingerprint density at radius 1 is 1.05 bits per heavy atom. The van der Waals surface area contributed by atoms with Crippen molar-refractivity contribution >= 4 is 11.8 Å². The van der Waals surface area contributed by atoms with Gasteiger partial charge in [0.2, 0.25) is 0 Å². The van der Waals surface area contributed by atoms with Gasteiger partial charge in [0.25, 0.3) is 0 Å². The molecule has 0 N–H and O–H groups in total. The molecular formula is C16H23N3S. The zero-order chi connectivity index (χ0) is 14.2. The Bertz CT molecular complexity index is 508. The number of rotatable bonds is 8. The number of hydrogen-bond acceptors (Lipinski definition) is 3. The van der Waals surface area contributed by atoms with Crippen LogP contribution in [-0.2, 0) is 13.0 Å². The van der Waals surface area contributed by atoms with Gasteiger partial charge in [-0.2, -0.15) is 0 Å². The summed E-state index contributed by atoms with van der Waals surface area (Å²) in [5.41, 5.74) is 1.29. The molecule has 0 spiro atoms. The zero-order valence-corrected chi connectivity index (χ0v) is 13.2. The van der Waals surface area contributed by atoms with Crippen molar-refractivity contribution in [3.8, 4) is 0 Å². The Labute approximate surface area is 125 Å². The molecule has 0 saturated carbocycles. The van der Waals surface area contributed by atoms with E-state index in [-0.39, 0.29) is 0 Å². The first kappa shape index (κ1) is 15.1. The summed E-state index contributed by atoms with van der Waals surface area (Å²) >= 11 is 1.83. The third-order valence-corrected chi connectivity index (χ3v) is 4.23. The van der Waals surface area contributed by atoms with Crippen LogP contribution in [0.3, 0.4) is 0 Å². The summed E-state index contributed by atoms with van der Waals surface area (Å²) in [5, 5.41) is 9.85. The molecule has 0 aliphatic carbocycles. The van der Waals surface area contributed by atoms with Gasteiger partial charge in [0, 0.05) is 18.7 Å². The van der Waals surface area contributed by atoms with Crippen molar-refractivity contribution in [2.24, 2.45) is 0 Å². The molecule has 0 bridgehead atoms. The number of benzene rings is 1. The van der Waals surface area contributed by atoms with Crippen LogP contribution in [0.25, 0.3) is 0 Å². The molecule has 4 heteroatoms. The molecule has 3 nitrogen and oxygen atoms in total. The van der Waals surface area contributed by atoms with Crippen LogP contribution in [0.4, 0.5) is 0 Å². The summed E-state index contributed by atoms with van der Waals surface area (Å²) in [6.45, 7) is 5.43. The summed E-state index contributed by atoms with van der Waals surface area (Å²) < 4.78 is 2.29. The highest BCUT2D eigenvalue weighted by atomic mass is 32.2. The van der Waals surface area contributed by atoms with Gasteiger partial charge in [0.1, 0.15) is 5.82 Å². The van der Waals surface area contributed by atoms with Gasteiger partial charge in [-0.1, -0.05) is 62.4 Å². The second kappa shape index (κ2) is 8.10. The normalized spacial score (nSPS) is 10.9. The molecule has 108 valence electrons. The van der Waals surface area contributed by atoms with E-state index in [2.05, 4.69) is 52.9 Å². The van der Waals surface area contributed by atoms with Gasteiger partial charge < -0.3 is 4.57 Å². The van der Waals surface area contributed by atoms with Crippen molar-refractivity contribution in [3.05, 3.63) is 41.7 Å². The lowest BCUT2D eigenvalue weighted by Gasteiger charge is -2.08. The first-order valence-corrected chi connectivity index (χ1v) is 8.42. The van der Waals surface area contributed by atoms with Crippen molar-refractivity contribution in [1.82, 2.24) is 14.8 Å². The maximum Gasteiger partial charge on any atom is 0.191 e. The van der Waals surface area contributed by atoms with Crippen molar-refractivity contribution in [2.45, 2.75) is 51.2 Å². The van der Waals surface area contributed by atoms with E-state index in [9.17, 15) is 0 Å². The van der Waals surface area contributed by atoms with E-state index in [1.165, 1.54) is 18.4 Å². The minimum absolute atomic E-state index is 0.863. The molecule has 20 heavy (non-hydrogen) atoms. The Morgan fingerprint density at radius 3 is 2.55 bits per heavy atom. The Hall–Kier alpha value is -1.29. The van der Waals surface area contributed by atoms with E-state index in [1.54, 1.807) is 0 Å². The Kier molecular flexibility index (Phi) is 6.12. The molecule has 0 unspecified atom stereocenters. The highest BCUT2D eigenvalue weighted by Gasteiger charge is 2.12. The van der Waals surface area contributed by atoms with Gasteiger partial charge >= 0.3 is 0 Å². The molecule has 0 saturated heterocycles. The summed E-state index contributed by atoms with van der Waals surface area (Å²) in [6.07, 6.45) is 4.44. The van der Waals surface area contributed by atoms with Crippen LogP contribution >= 0.6 is 11.8 Å². The lowest BCUT2D eigenvalue weighted by atomic mass is 10.1. The first-order chi connectivity index (χ1) is 9.85. The predicted molar refractivity (Wildman–Crippen MR) is 85.2 cm³/mol. The lowest BCUT2D eigenvalue weighted by molar-refractivity contribution is 0.597. The van der Waals surface area contributed by atoms with Crippen LogP contribution in [-0.4, -0.2) is 20.5 Å². The van der Waals surface area contributed by atoms with Crippen molar-refractivity contribution in [3.63, 3.8) is 0 Å². The molecule has 1 aromatic carbocycles. The molecule has 0 aliphatic rings. The summed E-state index contributed by atoms with van der Waals surface area (Å²) in [5.74, 6) is 2.21. The molecule has 0 atom stereocenters. The SMILES string of the molecule is CCCCSc1nnc(Cc2ccccc2)n1CCC. The van der Waals surface area contributed by atoms with Gasteiger partial charge in [-0.3, -0.25) is 0 Å². The van der Waals surface area contributed by atoms with Crippen LogP contribution < -0.4 is 0 Å². The maximum atomic E-state index is 4.40. The van der Waals surface area contributed by atoms with Crippen LogP contribution in [0.5, 0.6) is 0 Å². The fourth-order valence-corrected chi connectivity index (χ4v) is 3.16. The van der Waals surface area contributed by atoms with E-state index in [0.717, 1.165) is 36.1 Å². The molecular weight excluding hydrogens is 266 g/mol. The van der Waals surface area contributed by atoms with Crippen molar-refractivity contribution < 1.29 is 0 Å². The fourth-order valence-electron chi connectivity index (χ4n) is 2.09. The second-order valence-corrected chi connectivity index (χ2v) is 5.98. The molecule has 0 fully saturated rings. The predicted octanol–water partition coefficient (Wildman–Crippen LogP) is 4.17. The van der Waals surface area contributed by atoms with E-state index in [4.69, 9.17) is 0 Å². The fraction of sp³-hybridized carbons (Fsp3) is 0.500. The Morgan fingerprint density at radius 2 is 1.85 bits per heavy atom. The van der Waals surface area contributed by atoms with Crippen LogP contribution in [0.2, 0.25) is 0 Å². The van der Waals surface area contributed by atoms with E-state index in [0.29, 0.717) is 0 Å². The molecule has 2 aromatic rings. The van der Waals surface area contributed by atoms with Crippen LogP contribution in [0.1, 0.15) is 44.5 Å². The van der Waals surface area contributed by atoms with Gasteiger partial charge in [-0.15, -0.1) is 10.2 Å². The third-order valence-electron chi connectivity index (χ3n) is 3.17. The van der Waals surface area contributed by atoms with Crippen molar-refractivity contribution in [1.29, 1.82) is 0 Å². The second-order valence-electron chi connectivity index (χ2n) is 4.91. The van der Waals surface area contributed by atoms with Gasteiger partial charge in [-0.05, 0) is 18.4 Å². The van der Waals surface area contributed by atoms with Crippen LogP contribution in [0.15, 0.2) is 35.5 Å². The highest BCUT2D eigenvalue weighted by molar-refractivity contribution is 7.99. The standard InChI is InChI=1S/C16H23N3S/c1-3-5-12-20-16-18-17-15(19(16)11-4-2)13-14-9-7-6-8-10-14/h6-10H,3-5,11-13H2,1-2H3. The minimum Gasteiger partial charge on any atom is -0.306 e. The van der Waals surface area contributed by atoms with E-state index in [1.807, 2.05) is 17.8 Å². The molecule has 2 rings (SSSR count). The summed E-state index contributed by atoms with van der Waals surface area (Å²) in [6, 6.07) is 10.5. The molecule has 0 amide bonds. The molecule has 0 radical (unpaired) electrons. The summed E-state index contributed by atoms with van der Waals surface area (Å²) in [4.78, 5) is 0. The van der Waals surface area contributed by atoms with Crippen molar-refractivity contribution in [2.75, 3.05) is 5.75 Å². The lowest BCUT2D eigenvalue weighted by Crippen LogP contribution is -2.06. The third kappa shape index (κ3) is 4.10. The minimum atomic E-state index is 0.863. The molecule has 0 aliphatic heterocycles. The average Bonchev–Trinajstić information content (AvgIpc) is 2.84. The van der Waals surface area contributed by atoms with Gasteiger partial charge in [-0.25, -0.2) is 0 Å². The van der Waals surface area contributed by atoms with Gasteiger partial charge in [0.15, 0.2) is 5.16 Å².